The van der Waals surface area contributed by atoms with Crippen LogP contribution in [0, 0.1) is 0 Å². The molecule has 2 aromatic carbocycles. The molecule has 2 rings (SSSR count). The van der Waals surface area contributed by atoms with Gasteiger partial charge >= 0.3 is 5.97 Å². The number of amides is 2. The van der Waals surface area contributed by atoms with Crippen molar-refractivity contribution in [1.29, 1.82) is 0 Å². The van der Waals surface area contributed by atoms with Crippen LogP contribution in [0.1, 0.15) is 17.3 Å². The highest BCUT2D eigenvalue weighted by Crippen LogP contribution is 2.15. The molecule has 2 N–H and O–H groups in total. The molecule has 7 nitrogen and oxygen atoms in total. The maximum Gasteiger partial charge on any atom is 0.338 e. The summed E-state index contributed by atoms with van der Waals surface area (Å²) in [7, 11) is 1.55. The van der Waals surface area contributed by atoms with E-state index in [4.69, 9.17) is 9.47 Å². The number of esters is 1. The van der Waals surface area contributed by atoms with Crippen LogP contribution in [-0.2, 0) is 14.3 Å². The van der Waals surface area contributed by atoms with Crippen molar-refractivity contribution in [2.24, 2.45) is 0 Å². The number of nitrogens with one attached hydrogen (secondary N) is 2. The SMILES string of the molecule is COc1ccc(NC(=O)COC(=O)c2ccc(NC(C)=O)cc2)cc1. The molecular formula is C18H18N2O5. The minimum Gasteiger partial charge on any atom is -0.497 e. The Hall–Kier alpha value is -3.35. The van der Waals surface area contributed by atoms with Crippen molar-refractivity contribution in [1.82, 2.24) is 0 Å². The molecule has 2 amide bonds. The summed E-state index contributed by atoms with van der Waals surface area (Å²) in [6, 6.07) is 12.9. The Morgan fingerprint density at radius 2 is 1.44 bits per heavy atom. The first-order valence-electron chi connectivity index (χ1n) is 7.46. The molecule has 0 aliphatic carbocycles. The molecule has 0 bridgehead atoms. The second-order valence-corrected chi connectivity index (χ2v) is 5.11. The first kappa shape index (κ1) is 18.0. The molecule has 7 heteroatoms. The molecule has 0 aromatic heterocycles. The molecule has 0 aliphatic rings. The summed E-state index contributed by atoms with van der Waals surface area (Å²) in [6.45, 7) is 0.988. The summed E-state index contributed by atoms with van der Waals surface area (Å²) in [6.07, 6.45) is 0. The van der Waals surface area contributed by atoms with Gasteiger partial charge in [-0.05, 0) is 48.5 Å². The van der Waals surface area contributed by atoms with E-state index in [-0.39, 0.29) is 11.5 Å². The number of ether oxygens (including phenoxy) is 2. The molecule has 0 saturated carbocycles. The van der Waals surface area contributed by atoms with Gasteiger partial charge in [-0.2, -0.15) is 0 Å². The van der Waals surface area contributed by atoms with E-state index in [1.165, 1.54) is 19.1 Å². The first-order chi connectivity index (χ1) is 12.0. The van der Waals surface area contributed by atoms with Crippen LogP contribution in [0.15, 0.2) is 48.5 Å². The lowest BCUT2D eigenvalue weighted by Gasteiger charge is -2.08. The highest BCUT2D eigenvalue weighted by molar-refractivity contribution is 5.96. The Bertz CT molecular complexity index is 754. The maximum atomic E-state index is 11.9. The van der Waals surface area contributed by atoms with Crippen molar-refractivity contribution in [2.75, 3.05) is 24.4 Å². The monoisotopic (exact) mass is 342 g/mol. The van der Waals surface area contributed by atoms with E-state index in [0.717, 1.165) is 0 Å². The number of carbonyl (C=O) groups is 3. The largest absolute Gasteiger partial charge is 0.497 e. The topological polar surface area (TPSA) is 93.7 Å². The number of hydrogen-bond acceptors (Lipinski definition) is 5. The summed E-state index contributed by atoms with van der Waals surface area (Å²) in [5, 5.41) is 5.20. The van der Waals surface area contributed by atoms with Gasteiger partial charge < -0.3 is 20.1 Å². The Morgan fingerprint density at radius 1 is 0.880 bits per heavy atom. The zero-order chi connectivity index (χ0) is 18.2. The lowest BCUT2D eigenvalue weighted by Crippen LogP contribution is -2.20. The van der Waals surface area contributed by atoms with Crippen molar-refractivity contribution in [3.8, 4) is 5.75 Å². The zero-order valence-electron chi connectivity index (χ0n) is 13.9. The van der Waals surface area contributed by atoms with E-state index in [1.54, 1.807) is 43.5 Å². The lowest BCUT2D eigenvalue weighted by molar-refractivity contribution is -0.119. The molecular weight excluding hydrogens is 324 g/mol. The van der Waals surface area contributed by atoms with E-state index >= 15 is 0 Å². The number of rotatable bonds is 6. The quantitative estimate of drug-likeness (QED) is 0.787. The molecule has 130 valence electrons. The van der Waals surface area contributed by atoms with Gasteiger partial charge in [0.2, 0.25) is 5.91 Å². The van der Waals surface area contributed by atoms with E-state index in [1.807, 2.05) is 0 Å². The average Bonchev–Trinajstić information content (AvgIpc) is 2.60. The Balaban J connectivity index is 1.83. The van der Waals surface area contributed by atoms with Crippen LogP contribution in [0.2, 0.25) is 0 Å². The van der Waals surface area contributed by atoms with Crippen molar-refractivity contribution in [2.45, 2.75) is 6.92 Å². The Kier molecular flexibility index (Phi) is 6.11. The van der Waals surface area contributed by atoms with Crippen molar-refractivity contribution < 1.29 is 23.9 Å². The molecule has 0 radical (unpaired) electrons. The van der Waals surface area contributed by atoms with Gasteiger partial charge in [0.25, 0.3) is 5.91 Å². The van der Waals surface area contributed by atoms with E-state index in [2.05, 4.69) is 10.6 Å². The average molecular weight is 342 g/mol. The smallest absolute Gasteiger partial charge is 0.338 e. The minimum absolute atomic E-state index is 0.203. The molecule has 0 heterocycles. The fourth-order valence-electron chi connectivity index (χ4n) is 1.98. The number of anilines is 2. The van der Waals surface area contributed by atoms with Gasteiger partial charge in [-0.25, -0.2) is 4.79 Å². The van der Waals surface area contributed by atoms with Crippen LogP contribution in [0.4, 0.5) is 11.4 Å². The first-order valence-corrected chi connectivity index (χ1v) is 7.46. The van der Waals surface area contributed by atoms with Crippen molar-refractivity contribution >= 4 is 29.2 Å². The fourth-order valence-corrected chi connectivity index (χ4v) is 1.98. The van der Waals surface area contributed by atoms with Gasteiger partial charge in [-0.1, -0.05) is 0 Å². The summed E-state index contributed by atoms with van der Waals surface area (Å²) in [5.74, 6) is -0.606. The molecule has 0 unspecified atom stereocenters. The third kappa shape index (κ3) is 5.65. The van der Waals surface area contributed by atoms with Crippen LogP contribution in [-0.4, -0.2) is 31.5 Å². The Morgan fingerprint density at radius 3 is 2.00 bits per heavy atom. The molecule has 0 saturated heterocycles. The van der Waals surface area contributed by atoms with Gasteiger partial charge in [-0.15, -0.1) is 0 Å². The minimum atomic E-state index is -0.626. The van der Waals surface area contributed by atoms with Gasteiger partial charge in [-0.3, -0.25) is 9.59 Å². The number of benzene rings is 2. The van der Waals surface area contributed by atoms with E-state index < -0.39 is 18.5 Å². The second-order valence-electron chi connectivity index (χ2n) is 5.11. The summed E-state index contributed by atoms with van der Waals surface area (Å²) in [4.78, 5) is 34.7. The van der Waals surface area contributed by atoms with Crippen LogP contribution in [0.25, 0.3) is 0 Å². The third-order valence-electron chi connectivity index (χ3n) is 3.15. The van der Waals surface area contributed by atoms with Gasteiger partial charge in [0.05, 0.1) is 12.7 Å². The van der Waals surface area contributed by atoms with Crippen LogP contribution < -0.4 is 15.4 Å². The zero-order valence-corrected chi connectivity index (χ0v) is 13.9. The second kappa shape index (κ2) is 8.49. The van der Waals surface area contributed by atoms with Gasteiger partial charge in [0, 0.05) is 18.3 Å². The summed E-state index contributed by atoms with van der Waals surface area (Å²) in [5.41, 5.74) is 1.43. The van der Waals surface area contributed by atoms with Gasteiger partial charge in [0.1, 0.15) is 5.75 Å². The highest BCUT2D eigenvalue weighted by Gasteiger charge is 2.10. The molecule has 0 spiro atoms. The third-order valence-corrected chi connectivity index (χ3v) is 3.15. The van der Waals surface area contributed by atoms with Crippen LogP contribution >= 0.6 is 0 Å². The standard InChI is InChI=1S/C18H18N2O5/c1-12(21)19-14-5-3-13(4-6-14)18(23)25-11-17(22)20-15-7-9-16(24-2)10-8-15/h3-10H,11H2,1-2H3,(H,19,21)(H,20,22). The predicted octanol–water partition coefficient (Wildman–Crippen LogP) is 2.45. The molecule has 0 fully saturated rings. The number of methoxy groups -OCH3 is 1. The predicted molar refractivity (Wildman–Crippen MR) is 92.7 cm³/mol. The number of carbonyl (C=O) groups excluding carboxylic acids is 3. The molecule has 0 aliphatic heterocycles. The van der Waals surface area contributed by atoms with Crippen molar-refractivity contribution in [3.63, 3.8) is 0 Å². The molecule has 2 aromatic rings. The molecule has 25 heavy (non-hydrogen) atoms. The van der Waals surface area contributed by atoms with Crippen LogP contribution in [0.3, 0.4) is 0 Å². The van der Waals surface area contributed by atoms with Crippen LogP contribution in [0.5, 0.6) is 5.75 Å². The maximum absolute atomic E-state index is 11.9. The number of hydrogen-bond donors (Lipinski definition) is 2. The Labute approximate surface area is 144 Å². The highest BCUT2D eigenvalue weighted by atomic mass is 16.5. The van der Waals surface area contributed by atoms with E-state index in [9.17, 15) is 14.4 Å². The normalized spacial score (nSPS) is 9.84. The lowest BCUT2D eigenvalue weighted by atomic mass is 10.2. The van der Waals surface area contributed by atoms with Gasteiger partial charge in [0.15, 0.2) is 6.61 Å². The fraction of sp³-hybridized carbons (Fsp3) is 0.167. The van der Waals surface area contributed by atoms with E-state index in [0.29, 0.717) is 17.1 Å². The summed E-state index contributed by atoms with van der Waals surface area (Å²) >= 11 is 0. The van der Waals surface area contributed by atoms with Crippen molar-refractivity contribution in [3.05, 3.63) is 54.1 Å². The summed E-state index contributed by atoms with van der Waals surface area (Å²) < 4.78 is 9.99. The molecule has 0 atom stereocenters.